The highest BCUT2D eigenvalue weighted by Gasteiger charge is 2.24. The van der Waals surface area contributed by atoms with E-state index in [0.29, 0.717) is 12.3 Å². The predicted octanol–water partition coefficient (Wildman–Crippen LogP) is 3.42. The fourth-order valence-corrected chi connectivity index (χ4v) is 3.75. The molecule has 2 heterocycles. The van der Waals surface area contributed by atoms with Crippen LogP contribution in [0.1, 0.15) is 33.8 Å². The summed E-state index contributed by atoms with van der Waals surface area (Å²) in [6, 6.07) is 10.3. The van der Waals surface area contributed by atoms with Crippen molar-refractivity contribution >= 4 is 22.4 Å². The minimum Gasteiger partial charge on any atom is -0.464 e. The van der Waals surface area contributed by atoms with E-state index in [4.69, 9.17) is 9.47 Å². The number of esters is 1. The predicted molar refractivity (Wildman–Crippen MR) is 94.7 cm³/mol. The second kappa shape index (κ2) is 7.77. The maximum Gasteiger partial charge on any atom is 0.357 e. The molecule has 2 aromatic rings. The maximum atomic E-state index is 11.7. The van der Waals surface area contributed by atoms with E-state index in [2.05, 4.69) is 22.0 Å². The van der Waals surface area contributed by atoms with Crippen LogP contribution in [0.4, 0.5) is 5.13 Å². The van der Waals surface area contributed by atoms with E-state index < -0.39 is 0 Å². The van der Waals surface area contributed by atoms with Gasteiger partial charge in [0, 0.05) is 18.0 Å². The largest absolute Gasteiger partial charge is 0.464 e. The van der Waals surface area contributed by atoms with Crippen LogP contribution in [0.3, 0.4) is 0 Å². The van der Waals surface area contributed by atoms with Crippen LogP contribution in [-0.4, -0.2) is 37.3 Å². The average molecular weight is 346 g/mol. The minimum absolute atomic E-state index is 0.280. The third kappa shape index (κ3) is 3.94. The number of hydrogen-bond donors (Lipinski definition) is 0. The number of piperidine rings is 1. The molecule has 6 heteroatoms. The summed E-state index contributed by atoms with van der Waals surface area (Å²) in [7, 11) is 1.39. The first kappa shape index (κ1) is 16.9. The Morgan fingerprint density at radius 1 is 1.29 bits per heavy atom. The zero-order valence-electron chi connectivity index (χ0n) is 14.0. The Morgan fingerprint density at radius 2 is 2.00 bits per heavy atom. The molecule has 1 fully saturated rings. The molecule has 3 rings (SSSR count). The molecule has 0 radical (unpaired) electrons. The van der Waals surface area contributed by atoms with Gasteiger partial charge in [-0.2, -0.15) is 0 Å². The molecule has 1 aliphatic heterocycles. The molecule has 1 aliphatic rings. The number of carbonyl (C=O) groups is 1. The number of rotatable bonds is 5. The van der Waals surface area contributed by atoms with E-state index in [0.717, 1.165) is 35.9 Å². The van der Waals surface area contributed by atoms with Crippen molar-refractivity contribution in [3.8, 4) is 0 Å². The van der Waals surface area contributed by atoms with Crippen LogP contribution >= 0.6 is 11.3 Å². The van der Waals surface area contributed by atoms with E-state index in [9.17, 15) is 4.79 Å². The SMILES string of the molecule is COC(=O)c1nc(N2CCC(OCc3ccccc3)CC2)sc1C. The summed E-state index contributed by atoms with van der Waals surface area (Å²) in [4.78, 5) is 19.3. The van der Waals surface area contributed by atoms with Crippen molar-refractivity contribution in [1.29, 1.82) is 0 Å². The molecular formula is C18H22N2O3S. The number of anilines is 1. The Bertz CT molecular complexity index is 679. The molecule has 1 saturated heterocycles. The maximum absolute atomic E-state index is 11.7. The van der Waals surface area contributed by atoms with Crippen molar-refractivity contribution in [2.24, 2.45) is 0 Å². The third-order valence-corrected chi connectivity index (χ3v) is 5.24. The molecular weight excluding hydrogens is 324 g/mol. The van der Waals surface area contributed by atoms with Gasteiger partial charge >= 0.3 is 5.97 Å². The fourth-order valence-electron chi connectivity index (χ4n) is 2.81. The van der Waals surface area contributed by atoms with Crippen molar-refractivity contribution in [3.63, 3.8) is 0 Å². The molecule has 128 valence electrons. The average Bonchev–Trinajstić information content (AvgIpc) is 3.02. The number of ether oxygens (including phenoxy) is 2. The lowest BCUT2D eigenvalue weighted by Crippen LogP contribution is -2.37. The molecule has 0 bridgehead atoms. The van der Waals surface area contributed by atoms with Crippen molar-refractivity contribution in [2.75, 3.05) is 25.1 Å². The van der Waals surface area contributed by atoms with Crippen LogP contribution in [0.25, 0.3) is 0 Å². The number of nitrogens with zero attached hydrogens (tertiary/aromatic N) is 2. The summed E-state index contributed by atoms with van der Waals surface area (Å²) in [5.41, 5.74) is 1.64. The monoisotopic (exact) mass is 346 g/mol. The molecule has 0 unspecified atom stereocenters. The quantitative estimate of drug-likeness (QED) is 0.777. The molecule has 5 nitrogen and oxygen atoms in total. The molecule has 0 spiro atoms. The van der Waals surface area contributed by atoms with Gasteiger partial charge in [-0.1, -0.05) is 30.3 Å². The Labute approximate surface area is 146 Å². The van der Waals surface area contributed by atoms with Gasteiger partial charge in [0.2, 0.25) is 0 Å². The highest BCUT2D eigenvalue weighted by atomic mass is 32.1. The first-order chi connectivity index (χ1) is 11.7. The smallest absolute Gasteiger partial charge is 0.357 e. The zero-order chi connectivity index (χ0) is 16.9. The molecule has 1 aromatic carbocycles. The fraction of sp³-hybridized carbons (Fsp3) is 0.444. The number of carbonyl (C=O) groups excluding carboxylic acids is 1. The first-order valence-corrected chi connectivity index (χ1v) is 8.95. The number of methoxy groups -OCH3 is 1. The minimum atomic E-state index is -0.365. The number of benzene rings is 1. The molecule has 0 atom stereocenters. The van der Waals surface area contributed by atoms with Gasteiger partial charge < -0.3 is 14.4 Å². The number of aryl methyl sites for hydroxylation is 1. The van der Waals surface area contributed by atoms with Gasteiger partial charge in [-0.05, 0) is 25.3 Å². The summed E-state index contributed by atoms with van der Waals surface area (Å²) in [5, 5.41) is 0.898. The highest BCUT2D eigenvalue weighted by Crippen LogP contribution is 2.29. The van der Waals surface area contributed by atoms with Crippen molar-refractivity contribution in [1.82, 2.24) is 4.98 Å². The normalized spacial score (nSPS) is 15.5. The molecule has 0 amide bonds. The summed E-state index contributed by atoms with van der Waals surface area (Å²) in [6.45, 7) is 4.36. The van der Waals surface area contributed by atoms with Gasteiger partial charge in [0.25, 0.3) is 0 Å². The standard InChI is InChI=1S/C18H22N2O3S/c1-13-16(17(21)22-2)19-18(24-13)20-10-8-15(9-11-20)23-12-14-6-4-3-5-7-14/h3-7,15H,8-12H2,1-2H3. The topological polar surface area (TPSA) is 51.7 Å². The molecule has 0 saturated carbocycles. The Balaban J connectivity index is 1.52. The van der Waals surface area contributed by atoms with Crippen LogP contribution in [0.15, 0.2) is 30.3 Å². The lowest BCUT2D eigenvalue weighted by Gasteiger charge is -2.31. The van der Waals surface area contributed by atoms with Crippen molar-refractivity contribution < 1.29 is 14.3 Å². The van der Waals surface area contributed by atoms with Crippen molar-refractivity contribution in [3.05, 3.63) is 46.5 Å². The van der Waals surface area contributed by atoms with E-state index in [1.165, 1.54) is 12.7 Å². The highest BCUT2D eigenvalue weighted by molar-refractivity contribution is 7.15. The Hall–Kier alpha value is -1.92. The van der Waals surface area contributed by atoms with E-state index in [-0.39, 0.29) is 12.1 Å². The van der Waals surface area contributed by atoms with Crippen LogP contribution < -0.4 is 4.90 Å². The molecule has 0 N–H and O–H groups in total. The number of hydrogen-bond acceptors (Lipinski definition) is 6. The van der Waals surface area contributed by atoms with Crippen LogP contribution in [0, 0.1) is 6.92 Å². The third-order valence-electron chi connectivity index (χ3n) is 4.21. The van der Waals surface area contributed by atoms with Crippen molar-refractivity contribution in [2.45, 2.75) is 32.5 Å². The lowest BCUT2D eigenvalue weighted by molar-refractivity contribution is 0.0251. The molecule has 24 heavy (non-hydrogen) atoms. The second-order valence-electron chi connectivity index (χ2n) is 5.88. The molecule has 0 aliphatic carbocycles. The summed E-state index contributed by atoms with van der Waals surface area (Å²) < 4.78 is 10.8. The van der Waals surface area contributed by atoms with Gasteiger partial charge in [0.05, 0.1) is 19.8 Å². The Kier molecular flexibility index (Phi) is 5.48. The van der Waals surface area contributed by atoms with E-state index >= 15 is 0 Å². The summed E-state index contributed by atoms with van der Waals surface area (Å²) >= 11 is 1.55. The van der Waals surface area contributed by atoms with E-state index in [1.807, 2.05) is 25.1 Å². The van der Waals surface area contributed by atoms with Gasteiger partial charge in [0.15, 0.2) is 10.8 Å². The number of thiazole rings is 1. The van der Waals surface area contributed by atoms with Crippen LogP contribution in [-0.2, 0) is 16.1 Å². The Morgan fingerprint density at radius 3 is 2.67 bits per heavy atom. The second-order valence-corrected chi connectivity index (χ2v) is 7.06. The first-order valence-electron chi connectivity index (χ1n) is 8.13. The van der Waals surface area contributed by atoms with Gasteiger partial charge in [-0.3, -0.25) is 0 Å². The van der Waals surface area contributed by atoms with Crippen LogP contribution in [0.2, 0.25) is 0 Å². The summed E-state index contributed by atoms with van der Waals surface area (Å²) in [5.74, 6) is -0.365. The van der Waals surface area contributed by atoms with Gasteiger partial charge in [-0.15, -0.1) is 11.3 Å². The summed E-state index contributed by atoms with van der Waals surface area (Å²) in [6.07, 6.45) is 2.22. The molecule has 1 aromatic heterocycles. The van der Waals surface area contributed by atoms with Crippen LogP contribution in [0.5, 0.6) is 0 Å². The van der Waals surface area contributed by atoms with Gasteiger partial charge in [0.1, 0.15) is 0 Å². The van der Waals surface area contributed by atoms with E-state index in [1.54, 1.807) is 11.3 Å². The number of aromatic nitrogens is 1. The van der Waals surface area contributed by atoms with Gasteiger partial charge in [-0.25, -0.2) is 9.78 Å². The lowest BCUT2D eigenvalue weighted by atomic mass is 10.1. The zero-order valence-corrected chi connectivity index (χ0v) is 14.8.